The highest BCUT2D eigenvalue weighted by Gasteiger charge is 2.12. The van der Waals surface area contributed by atoms with E-state index < -0.39 is 0 Å². The van der Waals surface area contributed by atoms with Gasteiger partial charge < -0.3 is 9.84 Å². The standard InChI is InChI=1S/C18H18N8O2/c27-15(5-6-16-23-18(25-28-16)17-20-12-21-24-17)19-10-13-3-1-4-14(9-13)11-26-8-2-7-22-26/h1-4,7-9,12H,5-6,10-11H2,(H,19,27)(H,20,21,24). The lowest BCUT2D eigenvalue weighted by Crippen LogP contribution is -2.23. The first-order chi connectivity index (χ1) is 13.8. The average Bonchev–Trinajstić information content (AvgIpc) is 3.47. The van der Waals surface area contributed by atoms with Crippen molar-refractivity contribution < 1.29 is 9.32 Å². The molecule has 10 nitrogen and oxygen atoms in total. The molecule has 0 aliphatic heterocycles. The van der Waals surface area contributed by atoms with E-state index in [0.29, 0.717) is 37.0 Å². The summed E-state index contributed by atoms with van der Waals surface area (Å²) in [5.74, 6) is 1.04. The smallest absolute Gasteiger partial charge is 0.239 e. The van der Waals surface area contributed by atoms with Gasteiger partial charge in [0.1, 0.15) is 6.33 Å². The van der Waals surface area contributed by atoms with Gasteiger partial charge in [0.15, 0.2) is 5.82 Å². The summed E-state index contributed by atoms with van der Waals surface area (Å²) in [6, 6.07) is 9.94. The van der Waals surface area contributed by atoms with Crippen molar-refractivity contribution in [3.8, 4) is 11.6 Å². The van der Waals surface area contributed by atoms with Gasteiger partial charge in [0.05, 0.1) is 6.54 Å². The molecule has 0 atom stereocenters. The number of benzene rings is 1. The van der Waals surface area contributed by atoms with Crippen LogP contribution in [0.1, 0.15) is 23.4 Å². The van der Waals surface area contributed by atoms with E-state index in [1.165, 1.54) is 6.33 Å². The molecule has 0 fully saturated rings. The van der Waals surface area contributed by atoms with Gasteiger partial charge in [0.2, 0.25) is 17.6 Å². The summed E-state index contributed by atoms with van der Waals surface area (Å²) in [6.45, 7) is 1.15. The number of hydrogen-bond acceptors (Lipinski definition) is 7. The first-order valence-corrected chi connectivity index (χ1v) is 8.76. The molecule has 0 spiro atoms. The van der Waals surface area contributed by atoms with Crippen molar-refractivity contribution in [1.29, 1.82) is 0 Å². The van der Waals surface area contributed by atoms with E-state index in [0.717, 1.165) is 11.1 Å². The van der Waals surface area contributed by atoms with Gasteiger partial charge in [-0.15, -0.1) is 0 Å². The first-order valence-electron chi connectivity index (χ1n) is 8.76. The summed E-state index contributed by atoms with van der Waals surface area (Å²) in [6.07, 6.45) is 5.64. The SMILES string of the molecule is O=C(CCc1nc(-c2ncn[nH]2)no1)NCc1cccc(Cn2cccn2)c1. The Morgan fingerprint density at radius 2 is 2.18 bits per heavy atom. The number of aryl methyl sites for hydroxylation is 1. The minimum Gasteiger partial charge on any atom is -0.352 e. The van der Waals surface area contributed by atoms with Crippen LogP contribution in [-0.2, 0) is 24.3 Å². The van der Waals surface area contributed by atoms with Gasteiger partial charge in [-0.3, -0.25) is 14.6 Å². The minimum absolute atomic E-state index is 0.0862. The Bertz CT molecular complexity index is 1020. The molecule has 3 aromatic heterocycles. The van der Waals surface area contributed by atoms with Crippen molar-refractivity contribution in [3.05, 3.63) is 66.1 Å². The molecule has 0 unspecified atom stereocenters. The van der Waals surface area contributed by atoms with Crippen LogP contribution in [0.15, 0.2) is 53.6 Å². The van der Waals surface area contributed by atoms with E-state index in [4.69, 9.17) is 4.52 Å². The normalized spacial score (nSPS) is 10.9. The van der Waals surface area contributed by atoms with Gasteiger partial charge in [-0.1, -0.05) is 29.4 Å². The van der Waals surface area contributed by atoms with Crippen molar-refractivity contribution in [2.75, 3.05) is 0 Å². The molecular weight excluding hydrogens is 360 g/mol. The Hall–Kier alpha value is -3.82. The molecule has 1 amide bonds. The van der Waals surface area contributed by atoms with E-state index in [1.807, 2.05) is 35.1 Å². The molecule has 0 aliphatic carbocycles. The second kappa shape index (κ2) is 8.25. The fourth-order valence-electron chi connectivity index (χ4n) is 2.69. The number of amides is 1. The highest BCUT2D eigenvalue weighted by molar-refractivity contribution is 5.76. The Morgan fingerprint density at radius 1 is 1.25 bits per heavy atom. The fourth-order valence-corrected chi connectivity index (χ4v) is 2.69. The van der Waals surface area contributed by atoms with Gasteiger partial charge in [-0.25, -0.2) is 4.98 Å². The van der Waals surface area contributed by atoms with Crippen molar-refractivity contribution in [2.45, 2.75) is 25.9 Å². The summed E-state index contributed by atoms with van der Waals surface area (Å²) in [4.78, 5) is 20.3. The number of nitrogens with zero attached hydrogens (tertiary/aromatic N) is 6. The zero-order chi connectivity index (χ0) is 19.2. The number of rotatable bonds is 8. The fraction of sp³-hybridized carbons (Fsp3) is 0.222. The maximum Gasteiger partial charge on any atom is 0.239 e. The molecule has 28 heavy (non-hydrogen) atoms. The van der Waals surface area contributed by atoms with Crippen molar-refractivity contribution in [2.24, 2.45) is 0 Å². The van der Waals surface area contributed by atoms with Crippen LogP contribution in [0.4, 0.5) is 0 Å². The van der Waals surface area contributed by atoms with Crippen LogP contribution in [0, 0.1) is 0 Å². The lowest BCUT2D eigenvalue weighted by atomic mass is 10.1. The number of hydrogen-bond donors (Lipinski definition) is 2. The van der Waals surface area contributed by atoms with Gasteiger partial charge in [-0.05, 0) is 17.2 Å². The van der Waals surface area contributed by atoms with Crippen LogP contribution in [0.3, 0.4) is 0 Å². The average molecular weight is 378 g/mol. The number of carbonyl (C=O) groups is 1. The molecule has 0 saturated carbocycles. The molecule has 0 saturated heterocycles. The first kappa shape index (κ1) is 17.6. The predicted octanol–water partition coefficient (Wildman–Crippen LogP) is 1.35. The van der Waals surface area contributed by atoms with Gasteiger partial charge >= 0.3 is 0 Å². The maximum absolute atomic E-state index is 12.1. The summed E-state index contributed by atoms with van der Waals surface area (Å²) >= 11 is 0. The highest BCUT2D eigenvalue weighted by atomic mass is 16.5. The molecule has 3 heterocycles. The zero-order valence-electron chi connectivity index (χ0n) is 14.9. The van der Waals surface area contributed by atoms with Crippen molar-refractivity contribution >= 4 is 5.91 Å². The van der Waals surface area contributed by atoms with Gasteiger partial charge in [0, 0.05) is 31.8 Å². The summed E-state index contributed by atoms with van der Waals surface area (Å²) in [5, 5.41) is 17.3. The lowest BCUT2D eigenvalue weighted by Gasteiger charge is -2.07. The van der Waals surface area contributed by atoms with Crippen LogP contribution < -0.4 is 5.32 Å². The number of aromatic nitrogens is 7. The quantitative estimate of drug-likeness (QED) is 0.474. The zero-order valence-corrected chi connectivity index (χ0v) is 14.9. The monoisotopic (exact) mass is 378 g/mol. The lowest BCUT2D eigenvalue weighted by molar-refractivity contribution is -0.121. The van der Waals surface area contributed by atoms with E-state index in [-0.39, 0.29) is 12.3 Å². The second-order valence-electron chi connectivity index (χ2n) is 6.15. The molecule has 1 aromatic carbocycles. The Labute approximate surface area is 160 Å². The molecule has 0 aliphatic rings. The largest absolute Gasteiger partial charge is 0.352 e. The number of H-pyrrole nitrogens is 1. The molecule has 142 valence electrons. The Balaban J connectivity index is 1.25. The predicted molar refractivity (Wildman–Crippen MR) is 97.6 cm³/mol. The molecule has 4 aromatic rings. The van der Waals surface area contributed by atoms with Gasteiger partial charge in [0.25, 0.3) is 0 Å². The van der Waals surface area contributed by atoms with Crippen LogP contribution >= 0.6 is 0 Å². The van der Waals surface area contributed by atoms with Crippen LogP contribution in [0.5, 0.6) is 0 Å². The third kappa shape index (κ3) is 4.47. The summed E-state index contributed by atoms with van der Waals surface area (Å²) < 4.78 is 6.99. The van der Waals surface area contributed by atoms with E-state index in [9.17, 15) is 4.79 Å². The number of nitrogens with one attached hydrogen (secondary N) is 2. The molecule has 2 N–H and O–H groups in total. The molecule has 0 radical (unpaired) electrons. The Kier molecular flexibility index (Phi) is 5.18. The van der Waals surface area contributed by atoms with Gasteiger partial charge in [-0.2, -0.15) is 15.2 Å². The third-order valence-electron chi connectivity index (χ3n) is 4.05. The van der Waals surface area contributed by atoms with Crippen LogP contribution in [0.25, 0.3) is 11.6 Å². The summed E-state index contributed by atoms with van der Waals surface area (Å²) in [5.41, 5.74) is 2.16. The number of aromatic amines is 1. The van der Waals surface area contributed by atoms with E-state index >= 15 is 0 Å². The minimum atomic E-state index is -0.0862. The molecule has 0 bridgehead atoms. The molecular formula is C18H18N8O2. The topological polar surface area (TPSA) is 127 Å². The molecule has 4 rings (SSSR count). The van der Waals surface area contributed by atoms with E-state index in [1.54, 1.807) is 6.20 Å². The van der Waals surface area contributed by atoms with E-state index in [2.05, 4.69) is 41.8 Å². The van der Waals surface area contributed by atoms with Crippen molar-refractivity contribution in [3.63, 3.8) is 0 Å². The molecule has 10 heteroatoms. The maximum atomic E-state index is 12.1. The van der Waals surface area contributed by atoms with Crippen LogP contribution in [0.2, 0.25) is 0 Å². The highest BCUT2D eigenvalue weighted by Crippen LogP contribution is 2.10. The van der Waals surface area contributed by atoms with Crippen LogP contribution in [-0.4, -0.2) is 41.0 Å². The summed E-state index contributed by atoms with van der Waals surface area (Å²) in [7, 11) is 0. The van der Waals surface area contributed by atoms with Crippen molar-refractivity contribution in [1.82, 2.24) is 40.4 Å². The Morgan fingerprint density at radius 3 is 3.00 bits per heavy atom. The third-order valence-corrected chi connectivity index (χ3v) is 4.05. The second-order valence-corrected chi connectivity index (χ2v) is 6.15. The number of carbonyl (C=O) groups excluding carboxylic acids is 1.